The highest BCUT2D eigenvalue weighted by Gasteiger charge is 2.26. The Hall–Kier alpha value is -2.67. The summed E-state index contributed by atoms with van der Waals surface area (Å²) in [5.41, 5.74) is 2.01. The topological polar surface area (TPSA) is 85.0 Å². The van der Waals surface area contributed by atoms with Crippen molar-refractivity contribution in [3.8, 4) is 5.75 Å². The molecule has 0 aliphatic heterocycles. The van der Waals surface area contributed by atoms with Crippen LogP contribution in [0.3, 0.4) is 0 Å². The van der Waals surface area contributed by atoms with E-state index in [0.717, 1.165) is 41.9 Å². The highest BCUT2D eigenvalue weighted by Crippen LogP contribution is 2.26. The third-order valence-corrected chi connectivity index (χ3v) is 5.23. The number of fused-ring (bicyclic) bond motifs is 1. The molecule has 1 aliphatic carbocycles. The van der Waals surface area contributed by atoms with Gasteiger partial charge in [-0.25, -0.2) is 9.97 Å². The number of aromatic amines is 1. The summed E-state index contributed by atoms with van der Waals surface area (Å²) in [6.07, 6.45) is 8.98. The summed E-state index contributed by atoms with van der Waals surface area (Å²) in [7, 11) is 0. The highest BCUT2D eigenvalue weighted by atomic mass is 16.5. The van der Waals surface area contributed by atoms with Gasteiger partial charge in [-0.2, -0.15) is 5.10 Å². The van der Waals surface area contributed by atoms with Gasteiger partial charge in [0.1, 0.15) is 17.9 Å². The lowest BCUT2D eigenvalue weighted by Crippen LogP contribution is -2.39. The fraction of sp³-hybridized carbons (Fsp3) is 0.476. The number of hydrogen-bond donors (Lipinski definition) is 2. The Kier molecular flexibility index (Phi) is 6.01. The first kappa shape index (κ1) is 18.7. The minimum Gasteiger partial charge on any atom is -0.494 e. The summed E-state index contributed by atoms with van der Waals surface area (Å²) in [5, 5.41) is 11.5. The van der Waals surface area contributed by atoms with E-state index >= 15 is 0 Å². The zero-order valence-corrected chi connectivity index (χ0v) is 16.2. The number of nitrogens with zero attached hydrogens (tertiary/aromatic N) is 3. The second-order valence-corrected chi connectivity index (χ2v) is 7.13. The Labute approximate surface area is 164 Å². The number of anilines is 1. The molecule has 2 aromatic heterocycles. The molecule has 2 atom stereocenters. The van der Waals surface area contributed by atoms with Crippen molar-refractivity contribution in [1.29, 1.82) is 0 Å². The fourth-order valence-corrected chi connectivity index (χ4v) is 3.76. The molecule has 1 fully saturated rings. The first-order valence-corrected chi connectivity index (χ1v) is 10.1. The van der Waals surface area contributed by atoms with Crippen LogP contribution in [0.1, 0.15) is 38.2 Å². The molecule has 148 valence electrons. The molecule has 7 nitrogen and oxygen atoms in total. The first-order valence-electron chi connectivity index (χ1n) is 10.1. The summed E-state index contributed by atoms with van der Waals surface area (Å²) in [5.74, 6) is 1.74. The van der Waals surface area contributed by atoms with Gasteiger partial charge in [-0.3, -0.25) is 5.10 Å². The Bertz CT molecular complexity index is 880. The largest absolute Gasteiger partial charge is 0.494 e. The third kappa shape index (κ3) is 4.42. The number of H-pyrrole nitrogens is 1. The second kappa shape index (κ2) is 9.01. The van der Waals surface area contributed by atoms with Crippen LogP contribution in [0.2, 0.25) is 0 Å². The molecule has 0 bridgehead atoms. The maximum absolute atomic E-state index is 6.28. The van der Waals surface area contributed by atoms with E-state index in [1.54, 1.807) is 12.5 Å². The minimum absolute atomic E-state index is 0.188. The summed E-state index contributed by atoms with van der Waals surface area (Å²) < 4.78 is 11.8. The molecular formula is C21H27N5O2. The Morgan fingerprint density at radius 3 is 2.86 bits per heavy atom. The molecule has 1 saturated carbocycles. The maximum Gasteiger partial charge on any atom is 0.160 e. The van der Waals surface area contributed by atoms with E-state index in [1.165, 1.54) is 18.4 Å². The van der Waals surface area contributed by atoms with Crippen LogP contribution >= 0.6 is 0 Å². The van der Waals surface area contributed by atoms with E-state index in [0.29, 0.717) is 13.2 Å². The van der Waals surface area contributed by atoms with Crippen LogP contribution in [-0.2, 0) is 11.2 Å². The average molecular weight is 381 g/mol. The van der Waals surface area contributed by atoms with Crippen LogP contribution in [-0.4, -0.2) is 45.5 Å². The molecule has 4 rings (SSSR count). The van der Waals surface area contributed by atoms with E-state index in [2.05, 4.69) is 37.6 Å². The quantitative estimate of drug-likeness (QED) is 0.618. The number of rotatable bonds is 8. The van der Waals surface area contributed by atoms with Crippen molar-refractivity contribution in [2.45, 2.75) is 51.2 Å². The standard InChI is InChI=1S/C21H27N5O2/c1-2-27-16-9-7-15(8-10-16)11-12-28-19-6-4-3-5-18(19)25-20-17-13-24-26-21(17)23-14-22-20/h7-10,13-14,18-19H,2-6,11-12H2,1H3,(H2,22,23,24,25,26). The van der Waals surface area contributed by atoms with Crippen molar-refractivity contribution >= 4 is 16.9 Å². The molecule has 2 heterocycles. The first-order chi connectivity index (χ1) is 13.8. The molecule has 0 saturated heterocycles. The van der Waals surface area contributed by atoms with Gasteiger partial charge in [0.15, 0.2) is 5.65 Å². The van der Waals surface area contributed by atoms with Crippen molar-refractivity contribution in [1.82, 2.24) is 20.2 Å². The maximum atomic E-state index is 6.28. The zero-order chi connectivity index (χ0) is 19.2. The van der Waals surface area contributed by atoms with Gasteiger partial charge in [-0.1, -0.05) is 25.0 Å². The number of ether oxygens (including phenoxy) is 2. The lowest BCUT2D eigenvalue weighted by molar-refractivity contribution is 0.0218. The molecular weight excluding hydrogens is 354 g/mol. The smallest absolute Gasteiger partial charge is 0.160 e. The van der Waals surface area contributed by atoms with Crippen molar-refractivity contribution in [2.24, 2.45) is 0 Å². The Morgan fingerprint density at radius 2 is 2.00 bits per heavy atom. The van der Waals surface area contributed by atoms with Gasteiger partial charge in [-0.05, 0) is 43.9 Å². The van der Waals surface area contributed by atoms with Crippen molar-refractivity contribution < 1.29 is 9.47 Å². The summed E-state index contributed by atoms with van der Waals surface area (Å²) in [6.45, 7) is 3.40. The van der Waals surface area contributed by atoms with Crippen LogP contribution in [0, 0.1) is 0 Å². The average Bonchev–Trinajstić information content (AvgIpc) is 3.21. The van der Waals surface area contributed by atoms with E-state index in [4.69, 9.17) is 9.47 Å². The second-order valence-electron chi connectivity index (χ2n) is 7.13. The van der Waals surface area contributed by atoms with E-state index in [-0.39, 0.29) is 12.1 Å². The van der Waals surface area contributed by atoms with Crippen molar-refractivity contribution in [3.63, 3.8) is 0 Å². The summed E-state index contributed by atoms with van der Waals surface area (Å²) in [4.78, 5) is 8.61. The van der Waals surface area contributed by atoms with E-state index in [1.807, 2.05) is 19.1 Å². The van der Waals surface area contributed by atoms with Crippen LogP contribution in [0.15, 0.2) is 36.8 Å². The molecule has 7 heteroatoms. The van der Waals surface area contributed by atoms with E-state index in [9.17, 15) is 0 Å². The van der Waals surface area contributed by atoms with Gasteiger partial charge in [0.25, 0.3) is 0 Å². The predicted molar refractivity (Wildman–Crippen MR) is 109 cm³/mol. The summed E-state index contributed by atoms with van der Waals surface area (Å²) in [6, 6.07) is 8.52. The molecule has 0 spiro atoms. The number of hydrogen-bond acceptors (Lipinski definition) is 6. The Balaban J connectivity index is 1.34. The fourth-order valence-electron chi connectivity index (χ4n) is 3.76. The molecule has 2 unspecified atom stereocenters. The van der Waals surface area contributed by atoms with Crippen molar-refractivity contribution in [2.75, 3.05) is 18.5 Å². The van der Waals surface area contributed by atoms with Crippen LogP contribution in [0.5, 0.6) is 5.75 Å². The lowest BCUT2D eigenvalue weighted by atomic mass is 9.92. The van der Waals surface area contributed by atoms with Gasteiger partial charge in [0.2, 0.25) is 0 Å². The third-order valence-electron chi connectivity index (χ3n) is 5.23. The number of benzene rings is 1. The van der Waals surface area contributed by atoms with Crippen LogP contribution in [0.4, 0.5) is 5.82 Å². The zero-order valence-electron chi connectivity index (χ0n) is 16.2. The van der Waals surface area contributed by atoms with Gasteiger partial charge < -0.3 is 14.8 Å². The monoisotopic (exact) mass is 381 g/mol. The minimum atomic E-state index is 0.188. The highest BCUT2D eigenvalue weighted by molar-refractivity contribution is 5.85. The number of aromatic nitrogens is 4. The SMILES string of the molecule is CCOc1ccc(CCOC2CCCCC2Nc2ncnc3[nH]ncc23)cc1. The predicted octanol–water partition coefficient (Wildman–Crippen LogP) is 3.73. The van der Waals surface area contributed by atoms with Gasteiger partial charge in [0.05, 0.1) is 36.9 Å². The normalized spacial score (nSPS) is 19.6. The van der Waals surface area contributed by atoms with Gasteiger partial charge in [0, 0.05) is 0 Å². The van der Waals surface area contributed by atoms with Crippen molar-refractivity contribution in [3.05, 3.63) is 42.4 Å². The molecule has 1 aliphatic rings. The lowest BCUT2D eigenvalue weighted by Gasteiger charge is -2.32. The molecule has 28 heavy (non-hydrogen) atoms. The molecule has 2 N–H and O–H groups in total. The summed E-state index contributed by atoms with van der Waals surface area (Å²) >= 11 is 0. The van der Waals surface area contributed by atoms with Gasteiger partial charge in [-0.15, -0.1) is 0 Å². The number of nitrogens with one attached hydrogen (secondary N) is 2. The Morgan fingerprint density at radius 1 is 1.14 bits per heavy atom. The molecule has 0 radical (unpaired) electrons. The molecule has 0 amide bonds. The molecule has 3 aromatic rings. The van der Waals surface area contributed by atoms with Crippen LogP contribution < -0.4 is 10.1 Å². The van der Waals surface area contributed by atoms with Crippen LogP contribution in [0.25, 0.3) is 11.0 Å². The van der Waals surface area contributed by atoms with Gasteiger partial charge >= 0.3 is 0 Å². The molecule has 1 aromatic carbocycles. The van der Waals surface area contributed by atoms with E-state index < -0.39 is 0 Å².